The van der Waals surface area contributed by atoms with Crippen LogP contribution >= 0.6 is 11.6 Å². The highest BCUT2D eigenvalue weighted by Crippen LogP contribution is 2.34. The topological polar surface area (TPSA) is 85.8 Å². The number of halogens is 1. The molecule has 2 aromatic carbocycles. The van der Waals surface area contributed by atoms with Gasteiger partial charge in [-0.05, 0) is 36.8 Å². The molecule has 0 spiro atoms. The first kappa shape index (κ1) is 17.9. The van der Waals surface area contributed by atoms with E-state index in [9.17, 15) is 15.0 Å². The number of rotatable bonds is 5. The number of carboxylic acid groups (broad SMARTS) is 1. The number of aromatic amines is 1. The molecule has 1 aromatic heterocycles. The van der Waals surface area contributed by atoms with E-state index in [0.29, 0.717) is 29.0 Å². The number of carbonyl (C=O) groups is 1. The average molecular weight is 387 g/mol. The number of aliphatic hydroxyl groups is 1. The van der Waals surface area contributed by atoms with Crippen molar-refractivity contribution in [1.29, 1.82) is 0 Å². The zero-order valence-electron chi connectivity index (χ0n) is 14.6. The molecule has 1 saturated heterocycles. The number of carboxylic acids is 1. The predicted octanol–water partition coefficient (Wildman–Crippen LogP) is 3.59. The van der Waals surface area contributed by atoms with Crippen molar-refractivity contribution in [1.82, 2.24) is 9.88 Å². The SMILES string of the molecule is CC(O)N1CC(Oc2ccc(-c3cc4c(C(=O)O)c[nH]c4cc3Cl)cc2)C1. The maximum absolute atomic E-state index is 11.4. The molecule has 3 aromatic rings. The van der Waals surface area contributed by atoms with Crippen LogP contribution in [0.15, 0.2) is 42.6 Å². The van der Waals surface area contributed by atoms with E-state index < -0.39 is 12.2 Å². The summed E-state index contributed by atoms with van der Waals surface area (Å²) in [5.41, 5.74) is 2.55. The monoisotopic (exact) mass is 386 g/mol. The van der Waals surface area contributed by atoms with Crippen LogP contribution in [0.25, 0.3) is 22.0 Å². The molecule has 1 aliphatic heterocycles. The number of ether oxygens (including phenoxy) is 1. The van der Waals surface area contributed by atoms with Gasteiger partial charge in [0.05, 0.1) is 10.6 Å². The smallest absolute Gasteiger partial charge is 0.337 e. The van der Waals surface area contributed by atoms with Gasteiger partial charge >= 0.3 is 5.97 Å². The quantitative estimate of drug-likeness (QED) is 0.624. The van der Waals surface area contributed by atoms with Crippen LogP contribution in [-0.2, 0) is 0 Å². The fourth-order valence-electron chi connectivity index (χ4n) is 3.30. The number of hydrogen-bond acceptors (Lipinski definition) is 4. The van der Waals surface area contributed by atoms with E-state index in [-0.39, 0.29) is 11.7 Å². The summed E-state index contributed by atoms with van der Waals surface area (Å²) in [6.45, 7) is 3.15. The number of aliphatic hydroxyl groups excluding tert-OH is 1. The molecule has 1 unspecified atom stereocenters. The van der Waals surface area contributed by atoms with Gasteiger partial charge in [-0.3, -0.25) is 4.90 Å². The van der Waals surface area contributed by atoms with Gasteiger partial charge in [-0.1, -0.05) is 23.7 Å². The Balaban J connectivity index is 1.56. The molecule has 27 heavy (non-hydrogen) atoms. The Labute approximate surface area is 160 Å². The lowest BCUT2D eigenvalue weighted by Gasteiger charge is -2.40. The molecule has 140 valence electrons. The molecule has 2 heterocycles. The van der Waals surface area contributed by atoms with E-state index in [2.05, 4.69) is 4.98 Å². The summed E-state index contributed by atoms with van der Waals surface area (Å²) < 4.78 is 5.89. The van der Waals surface area contributed by atoms with Crippen LogP contribution in [0.2, 0.25) is 5.02 Å². The van der Waals surface area contributed by atoms with Gasteiger partial charge in [0.15, 0.2) is 0 Å². The first-order valence-corrected chi connectivity index (χ1v) is 9.03. The molecule has 3 N–H and O–H groups in total. The highest BCUT2D eigenvalue weighted by atomic mass is 35.5. The second kappa shape index (κ2) is 6.88. The van der Waals surface area contributed by atoms with Gasteiger partial charge in [-0.25, -0.2) is 4.79 Å². The standard InChI is InChI=1S/C20H19ClN2O4/c1-11(24)23-9-14(10-23)27-13-4-2-12(3-5-13)15-6-16-17(20(25)26)8-22-19(16)7-18(15)21/h2-8,11,14,22,24H,9-10H2,1H3,(H,25,26). The number of likely N-dealkylation sites (tertiary alicyclic amines) is 1. The molecule has 1 fully saturated rings. The van der Waals surface area contributed by atoms with Crippen molar-refractivity contribution >= 4 is 28.5 Å². The lowest BCUT2D eigenvalue weighted by atomic mass is 10.0. The molecular formula is C20H19ClN2O4. The second-order valence-electron chi connectivity index (χ2n) is 6.74. The summed E-state index contributed by atoms with van der Waals surface area (Å²) in [4.78, 5) is 16.2. The molecule has 0 amide bonds. The fraction of sp³-hybridized carbons (Fsp3) is 0.250. The second-order valence-corrected chi connectivity index (χ2v) is 7.14. The van der Waals surface area contributed by atoms with Gasteiger partial charge in [0.1, 0.15) is 18.1 Å². The predicted molar refractivity (Wildman–Crippen MR) is 103 cm³/mol. The van der Waals surface area contributed by atoms with Gasteiger partial charge in [0.2, 0.25) is 0 Å². The van der Waals surface area contributed by atoms with Crippen molar-refractivity contribution in [3.8, 4) is 16.9 Å². The Morgan fingerprint density at radius 1 is 1.30 bits per heavy atom. The zero-order chi connectivity index (χ0) is 19.1. The first-order valence-electron chi connectivity index (χ1n) is 8.65. The Kier molecular flexibility index (Phi) is 4.55. The molecule has 6 nitrogen and oxygen atoms in total. The van der Waals surface area contributed by atoms with Crippen LogP contribution in [0, 0.1) is 0 Å². The maximum atomic E-state index is 11.4. The Hall–Kier alpha value is -2.54. The summed E-state index contributed by atoms with van der Waals surface area (Å²) in [5, 5.41) is 20.0. The molecule has 1 atom stereocenters. The van der Waals surface area contributed by atoms with Gasteiger partial charge in [-0.2, -0.15) is 0 Å². The molecule has 4 rings (SSSR count). The number of aromatic carboxylic acids is 1. The number of nitrogens with one attached hydrogen (secondary N) is 1. The maximum Gasteiger partial charge on any atom is 0.337 e. The van der Waals surface area contributed by atoms with E-state index in [1.165, 1.54) is 6.20 Å². The van der Waals surface area contributed by atoms with Gasteiger partial charge in [0.25, 0.3) is 0 Å². The third-order valence-electron chi connectivity index (χ3n) is 4.87. The third kappa shape index (κ3) is 3.39. The number of hydrogen-bond donors (Lipinski definition) is 3. The van der Waals surface area contributed by atoms with Gasteiger partial charge < -0.3 is 19.9 Å². The number of fused-ring (bicyclic) bond motifs is 1. The highest BCUT2D eigenvalue weighted by Gasteiger charge is 2.30. The minimum Gasteiger partial charge on any atom is -0.488 e. The van der Waals surface area contributed by atoms with E-state index in [1.54, 1.807) is 19.1 Å². The largest absolute Gasteiger partial charge is 0.488 e. The minimum atomic E-state index is -0.981. The van der Waals surface area contributed by atoms with Crippen molar-refractivity contribution in [2.45, 2.75) is 19.3 Å². The van der Waals surface area contributed by atoms with Crippen LogP contribution < -0.4 is 4.74 Å². The van der Waals surface area contributed by atoms with E-state index in [0.717, 1.165) is 16.9 Å². The number of nitrogens with zero attached hydrogens (tertiary/aromatic N) is 1. The van der Waals surface area contributed by atoms with Crippen LogP contribution in [-0.4, -0.2) is 51.5 Å². The number of aromatic nitrogens is 1. The first-order chi connectivity index (χ1) is 12.9. The molecule has 1 aliphatic rings. The number of H-pyrrole nitrogens is 1. The summed E-state index contributed by atoms with van der Waals surface area (Å²) in [7, 11) is 0. The zero-order valence-corrected chi connectivity index (χ0v) is 15.4. The van der Waals surface area contributed by atoms with Crippen molar-refractivity contribution in [3.05, 3.63) is 53.2 Å². The third-order valence-corrected chi connectivity index (χ3v) is 5.19. The van der Waals surface area contributed by atoms with Crippen LogP contribution in [0.1, 0.15) is 17.3 Å². The molecule has 0 bridgehead atoms. The van der Waals surface area contributed by atoms with Gasteiger partial charge in [-0.15, -0.1) is 0 Å². The van der Waals surface area contributed by atoms with Crippen molar-refractivity contribution in [2.75, 3.05) is 13.1 Å². The van der Waals surface area contributed by atoms with Crippen LogP contribution in [0.5, 0.6) is 5.75 Å². The van der Waals surface area contributed by atoms with Crippen LogP contribution in [0.4, 0.5) is 0 Å². The highest BCUT2D eigenvalue weighted by molar-refractivity contribution is 6.34. The molecule has 0 radical (unpaired) electrons. The average Bonchev–Trinajstić information content (AvgIpc) is 3.00. The Bertz CT molecular complexity index is 991. The normalized spacial score (nSPS) is 16.3. The van der Waals surface area contributed by atoms with Crippen molar-refractivity contribution < 1.29 is 19.7 Å². The summed E-state index contributed by atoms with van der Waals surface area (Å²) in [6.07, 6.45) is 1.09. The molecular weight excluding hydrogens is 368 g/mol. The summed E-state index contributed by atoms with van der Waals surface area (Å²) >= 11 is 6.40. The molecule has 7 heteroatoms. The molecule has 0 aliphatic carbocycles. The summed E-state index contributed by atoms with van der Waals surface area (Å²) in [6, 6.07) is 11.1. The molecule has 0 saturated carbocycles. The Morgan fingerprint density at radius 2 is 2.00 bits per heavy atom. The van der Waals surface area contributed by atoms with Gasteiger partial charge in [0, 0.05) is 35.8 Å². The van der Waals surface area contributed by atoms with E-state index in [4.69, 9.17) is 16.3 Å². The lowest BCUT2D eigenvalue weighted by Crippen LogP contribution is -2.57. The van der Waals surface area contributed by atoms with E-state index >= 15 is 0 Å². The number of benzene rings is 2. The van der Waals surface area contributed by atoms with E-state index in [1.807, 2.05) is 29.2 Å². The fourth-order valence-corrected chi connectivity index (χ4v) is 3.57. The van der Waals surface area contributed by atoms with Crippen molar-refractivity contribution in [3.63, 3.8) is 0 Å². The lowest BCUT2D eigenvalue weighted by molar-refractivity contribution is -0.0805. The Morgan fingerprint density at radius 3 is 2.63 bits per heavy atom. The minimum absolute atomic E-state index is 0.0726. The van der Waals surface area contributed by atoms with Crippen molar-refractivity contribution in [2.24, 2.45) is 0 Å². The van der Waals surface area contributed by atoms with Crippen LogP contribution in [0.3, 0.4) is 0 Å². The summed E-state index contributed by atoms with van der Waals surface area (Å²) in [5.74, 6) is -0.232.